The number of carboxylic acid groups (broad SMARTS) is 1. The van der Waals surface area contributed by atoms with E-state index in [1.807, 2.05) is 0 Å². The number of hydrogen-bond acceptors (Lipinski definition) is 3. The number of rotatable bonds is 4. The van der Waals surface area contributed by atoms with E-state index in [1.165, 1.54) is 9.58 Å². The van der Waals surface area contributed by atoms with Crippen LogP contribution < -0.4 is 4.90 Å². The third-order valence-electron chi connectivity index (χ3n) is 2.90. The standard InChI is InChI=1S/C14H14ClN3O3/c1-9-7-12(17(2)16-9)14(21)18(8-13(19)20)11-5-3-10(15)4-6-11/h3-7H,8H2,1-2H3,(H,19,20). The molecule has 0 unspecified atom stereocenters. The fourth-order valence-corrected chi connectivity index (χ4v) is 2.11. The van der Waals surface area contributed by atoms with E-state index < -0.39 is 18.4 Å². The lowest BCUT2D eigenvalue weighted by atomic mass is 10.2. The highest BCUT2D eigenvalue weighted by molar-refractivity contribution is 6.30. The molecule has 6 nitrogen and oxygen atoms in total. The SMILES string of the molecule is Cc1cc(C(=O)N(CC(=O)O)c2ccc(Cl)cc2)n(C)n1. The first-order chi connectivity index (χ1) is 9.88. The van der Waals surface area contributed by atoms with Gasteiger partial charge in [-0.15, -0.1) is 0 Å². The van der Waals surface area contributed by atoms with Gasteiger partial charge in [-0.25, -0.2) is 0 Å². The van der Waals surface area contributed by atoms with Gasteiger partial charge in [0.1, 0.15) is 12.2 Å². The highest BCUT2D eigenvalue weighted by Crippen LogP contribution is 2.20. The quantitative estimate of drug-likeness (QED) is 0.938. The van der Waals surface area contributed by atoms with Gasteiger partial charge >= 0.3 is 5.97 Å². The summed E-state index contributed by atoms with van der Waals surface area (Å²) in [6, 6.07) is 8.03. The number of carboxylic acids is 1. The Hall–Kier alpha value is -2.34. The van der Waals surface area contributed by atoms with E-state index >= 15 is 0 Å². The molecule has 21 heavy (non-hydrogen) atoms. The van der Waals surface area contributed by atoms with E-state index in [-0.39, 0.29) is 0 Å². The summed E-state index contributed by atoms with van der Waals surface area (Å²) in [5, 5.41) is 13.6. The van der Waals surface area contributed by atoms with Gasteiger partial charge in [0.25, 0.3) is 5.91 Å². The Labute approximate surface area is 126 Å². The smallest absolute Gasteiger partial charge is 0.323 e. The summed E-state index contributed by atoms with van der Waals surface area (Å²) in [7, 11) is 1.64. The van der Waals surface area contributed by atoms with Crippen molar-refractivity contribution < 1.29 is 14.7 Å². The van der Waals surface area contributed by atoms with Crippen molar-refractivity contribution in [1.82, 2.24) is 9.78 Å². The van der Waals surface area contributed by atoms with E-state index in [9.17, 15) is 9.59 Å². The summed E-state index contributed by atoms with van der Waals surface area (Å²) < 4.78 is 1.43. The van der Waals surface area contributed by atoms with Gasteiger partial charge in [-0.2, -0.15) is 5.10 Å². The summed E-state index contributed by atoms with van der Waals surface area (Å²) in [5.74, 6) is -1.53. The van der Waals surface area contributed by atoms with Gasteiger partial charge in [-0.3, -0.25) is 19.2 Å². The van der Waals surface area contributed by atoms with Gasteiger partial charge in [-0.05, 0) is 37.3 Å². The first-order valence-corrected chi connectivity index (χ1v) is 6.56. The molecule has 1 aromatic heterocycles. The molecule has 0 radical (unpaired) electrons. The topological polar surface area (TPSA) is 75.4 Å². The third kappa shape index (κ3) is 3.41. The number of aryl methyl sites for hydroxylation is 2. The zero-order chi connectivity index (χ0) is 15.6. The molecule has 110 valence electrons. The molecule has 7 heteroatoms. The number of aromatic nitrogens is 2. The lowest BCUT2D eigenvalue weighted by molar-refractivity contribution is -0.135. The van der Waals surface area contributed by atoms with Gasteiger partial charge in [0.2, 0.25) is 0 Å². The number of carbonyl (C=O) groups is 2. The van der Waals surface area contributed by atoms with Crippen LogP contribution in [0.3, 0.4) is 0 Å². The van der Waals surface area contributed by atoms with Crippen molar-refractivity contribution in [3.8, 4) is 0 Å². The fraction of sp³-hybridized carbons (Fsp3) is 0.214. The second-order valence-electron chi connectivity index (χ2n) is 4.56. The first-order valence-electron chi connectivity index (χ1n) is 6.18. The zero-order valence-electron chi connectivity index (χ0n) is 11.6. The maximum Gasteiger partial charge on any atom is 0.323 e. The molecule has 2 rings (SSSR count). The number of nitrogens with zero attached hydrogens (tertiary/aromatic N) is 3. The molecule has 0 saturated carbocycles. The van der Waals surface area contributed by atoms with Gasteiger partial charge in [0, 0.05) is 17.8 Å². The predicted octanol–water partition coefficient (Wildman–Crippen LogP) is 2.11. The van der Waals surface area contributed by atoms with Crippen molar-refractivity contribution in [2.24, 2.45) is 7.05 Å². The number of hydrogen-bond donors (Lipinski definition) is 1. The largest absolute Gasteiger partial charge is 0.480 e. The highest BCUT2D eigenvalue weighted by atomic mass is 35.5. The van der Waals surface area contributed by atoms with Crippen molar-refractivity contribution in [2.45, 2.75) is 6.92 Å². The summed E-state index contributed by atoms with van der Waals surface area (Å²) in [6.07, 6.45) is 0. The van der Waals surface area contributed by atoms with Gasteiger partial charge in [0.15, 0.2) is 0 Å². The minimum Gasteiger partial charge on any atom is -0.480 e. The van der Waals surface area contributed by atoms with Crippen LogP contribution >= 0.6 is 11.6 Å². The molecule has 0 saturated heterocycles. The van der Waals surface area contributed by atoms with Crippen LogP contribution in [0.4, 0.5) is 5.69 Å². The number of halogens is 1. The molecule has 0 fully saturated rings. The Kier molecular flexibility index (Phi) is 4.28. The molecule has 0 aliphatic heterocycles. The summed E-state index contributed by atoms with van der Waals surface area (Å²) in [4.78, 5) is 24.8. The lowest BCUT2D eigenvalue weighted by Crippen LogP contribution is -2.36. The summed E-state index contributed by atoms with van der Waals surface area (Å²) >= 11 is 5.81. The number of anilines is 1. The Morgan fingerprint density at radius 1 is 1.33 bits per heavy atom. The molecule has 1 heterocycles. The van der Waals surface area contributed by atoms with Crippen LogP contribution in [0.15, 0.2) is 30.3 Å². The second kappa shape index (κ2) is 5.97. The predicted molar refractivity (Wildman–Crippen MR) is 78.7 cm³/mol. The fourth-order valence-electron chi connectivity index (χ4n) is 1.99. The van der Waals surface area contributed by atoms with Crippen molar-refractivity contribution in [3.05, 3.63) is 46.7 Å². The molecule has 1 amide bonds. The van der Waals surface area contributed by atoms with Crippen LogP contribution in [-0.2, 0) is 11.8 Å². The molecule has 0 atom stereocenters. The van der Waals surface area contributed by atoms with Crippen molar-refractivity contribution in [1.29, 1.82) is 0 Å². The van der Waals surface area contributed by atoms with Crippen LogP contribution in [0.5, 0.6) is 0 Å². The Bertz CT molecular complexity index is 679. The Morgan fingerprint density at radius 2 is 1.95 bits per heavy atom. The van der Waals surface area contributed by atoms with E-state index in [0.717, 1.165) is 0 Å². The van der Waals surface area contributed by atoms with Gasteiger partial charge < -0.3 is 5.11 Å². The first kappa shape index (κ1) is 15.1. The molecule has 1 N–H and O–H groups in total. The number of carbonyl (C=O) groups excluding carboxylic acids is 1. The van der Waals surface area contributed by atoms with Crippen LogP contribution in [-0.4, -0.2) is 33.3 Å². The Morgan fingerprint density at radius 3 is 2.43 bits per heavy atom. The maximum atomic E-state index is 12.6. The average Bonchev–Trinajstić information content (AvgIpc) is 2.75. The molecule has 2 aromatic rings. The molecular weight excluding hydrogens is 294 g/mol. The molecule has 0 spiro atoms. The van der Waals surface area contributed by atoms with Crippen molar-refractivity contribution in [2.75, 3.05) is 11.4 Å². The van der Waals surface area contributed by atoms with Crippen LogP contribution in [0.2, 0.25) is 5.02 Å². The van der Waals surface area contributed by atoms with Gasteiger partial charge in [0.05, 0.1) is 5.69 Å². The summed E-state index contributed by atoms with van der Waals surface area (Å²) in [5.41, 5.74) is 1.47. The monoisotopic (exact) mass is 307 g/mol. The molecule has 0 aliphatic carbocycles. The molecule has 0 bridgehead atoms. The van der Waals surface area contributed by atoms with Gasteiger partial charge in [-0.1, -0.05) is 11.6 Å². The van der Waals surface area contributed by atoms with E-state index in [4.69, 9.17) is 16.7 Å². The van der Waals surface area contributed by atoms with E-state index in [1.54, 1.807) is 44.3 Å². The summed E-state index contributed by atoms with van der Waals surface area (Å²) in [6.45, 7) is 1.32. The maximum absolute atomic E-state index is 12.6. The van der Waals surface area contributed by atoms with Crippen molar-refractivity contribution in [3.63, 3.8) is 0 Å². The Balaban J connectivity index is 2.40. The van der Waals surface area contributed by atoms with E-state index in [0.29, 0.717) is 22.1 Å². The number of benzene rings is 1. The third-order valence-corrected chi connectivity index (χ3v) is 3.15. The normalized spacial score (nSPS) is 10.4. The zero-order valence-corrected chi connectivity index (χ0v) is 12.3. The van der Waals surface area contributed by atoms with Crippen LogP contribution in [0, 0.1) is 6.92 Å². The molecule has 0 aliphatic rings. The number of aliphatic carboxylic acids is 1. The lowest BCUT2D eigenvalue weighted by Gasteiger charge is -2.20. The van der Waals surface area contributed by atoms with Crippen molar-refractivity contribution >= 4 is 29.2 Å². The molecule has 1 aromatic carbocycles. The second-order valence-corrected chi connectivity index (χ2v) is 4.99. The highest BCUT2D eigenvalue weighted by Gasteiger charge is 2.23. The average molecular weight is 308 g/mol. The van der Waals surface area contributed by atoms with E-state index in [2.05, 4.69) is 5.10 Å². The van der Waals surface area contributed by atoms with Crippen LogP contribution in [0.25, 0.3) is 0 Å². The number of amides is 1. The van der Waals surface area contributed by atoms with Crippen LogP contribution in [0.1, 0.15) is 16.2 Å². The molecular formula is C14H14ClN3O3. The minimum absolute atomic E-state index is 0.323. The minimum atomic E-state index is -1.10.